The molecule has 7 nitrogen and oxygen atoms in total. The molecule has 0 radical (unpaired) electrons. The quantitative estimate of drug-likeness (QED) is 0.753. The van der Waals surface area contributed by atoms with E-state index in [1.807, 2.05) is 26.5 Å². The van der Waals surface area contributed by atoms with E-state index in [1.165, 1.54) is 0 Å². The van der Waals surface area contributed by atoms with Crippen molar-refractivity contribution in [1.82, 2.24) is 30.1 Å². The van der Waals surface area contributed by atoms with E-state index in [0.717, 1.165) is 18.0 Å². The number of ether oxygens (including phenoxy) is 1. The Bertz CT molecular complexity index is 463. The van der Waals surface area contributed by atoms with E-state index in [9.17, 15) is 0 Å². The first kappa shape index (κ1) is 11.6. The maximum Gasteiger partial charge on any atom is 0.157 e. The minimum Gasteiger partial charge on any atom is -0.488 e. The Morgan fingerprint density at radius 1 is 1.41 bits per heavy atom. The molecule has 0 aromatic carbocycles. The lowest BCUT2D eigenvalue weighted by Gasteiger charge is -2.02. The van der Waals surface area contributed by atoms with Crippen LogP contribution < -0.4 is 10.1 Å². The van der Waals surface area contributed by atoms with Crippen LogP contribution in [-0.2, 0) is 20.1 Å². The van der Waals surface area contributed by atoms with E-state index in [4.69, 9.17) is 4.74 Å². The summed E-state index contributed by atoms with van der Waals surface area (Å²) in [7, 11) is 3.73. The van der Waals surface area contributed by atoms with Gasteiger partial charge in [0.25, 0.3) is 0 Å². The fourth-order valence-electron chi connectivity index (χ4n) is 1.44. The molecule has 0 amide bonds. The van der Waals surface area contributed by atoms with E-state index in [1.54, 1.807) is 15.6 Å². The van der Waals surface area contributed by atoms with Gasteiger partial charge in [0.2, 0.25) is 0 Å². The Balaban J connectivity index is 1.77. The molecule has 2 aromatic heterocycles. The van der Waals surface area contributed by atoms with Gasteiger partial charge >= 0.3 is 0 Å². The molecule has 0 atom stereocenters. The van der Waals surface area contributed by atoms with Gasteiger partial charge in [0.05, 0.1) is 24.6 Å². The third-order valence-electron chi connectivity index (χ3n) is 2.21. The summed E-state index contributed by atoms with van der Waals surface area (Å²) in [4.78, 5) is 0. The van der Waals surface area contributed by atoms with E-state index in [2.05, 4.69) is 20.7 Å². The Morgan fingerprint density at radius 2 is 2.29 bits per heavy atom. The van der Waals surface area contributed by atoms with Crippen molar-refractivity contribution in [1.29, 1.82) is 0 Å². The van der Waals surface area contributed by atoms with Crippen LogP contribution in [0.3, 0.4) is 0 Å². The minimum absolute atomic E-state index is 0.550. The molecule has 0 saturated carbocycles. The summed E-state index contributed by atoms with van der Waals surface area (Å²) in [6.07, 6.45) is 5.42. The molecule has 1 N–H and O–H groups in total. The van der Waals surface area contributed by atoms with Gasteiger partial charge in [-0.3, -0.25) is 4.68 Å². The van der Waals surface area contributed by atoms with Gasteiger partial charge in [-0.1, -0.05) is 5.21 Å². The van der Waals surface area contributed by atoms with E-state index >= 15 is 0 Å². The zero-order valence-corrected chi connectivity index (χ0v) is 10.00. The van der Waals surface area contributed by atoms with Crippen LogP contribution in [0.25, 0.3) is 0 Å². The summed E-state index contributed by atoms with van der Waals surface area (Å²) >= 11 is 0. The molecule has 92 valence electrons. The predicted octanol–water partition coefficient (Wildman–Crippen LogP) is -0.190. The first-order valence-electron chi connectivity index (χ1n) is 5.43. The van der Waals surface area contributed by atoms with Crippen molar-refractivity contribution < 1.29 is 4.74 Å². The van der Waals surface area contributed by atoms with Gasteiger partial charge in [-0.05, 0) is 7.05 Å². The van der Waals surface area contributed by atoms with Gasteiger partial charge in [0, 0.05) is 19.8 Å². The molecule has 0 saturated heterocycles. The fourth-order valence-corrected chi connectivity index (χ4v) is 1.44. The number of aryl methyl sites for hydroxylation is 1. The molecular weight excluding hydrogens is 220 g/mol. The third-order valence-corrected chi connectivity index (χ3v) is 2.21. The second kappa shape index (κ2) is 5.44. The molecular formula is C10H16N6O. The van der Waals surface area contributed by atoms with Gasteiger partial charge in [0.1, 0.15) is 6.61 Å². The molecule has 0 fully saturated rings. The van der Waals surface area contributed by atoms with E-state index < -0.39 is 0 Å². The molecule has 0 aliphatic heterocycles. The van der Waals surface area contributed by atoms with Crippen LogP contribution in [0.5, 0.6) is 5.75 Å². The molecule has 0 aliphatic carbocycles. The summed E-state index contributed by atoms with van der Waals surface area (Å²) in [5.41, 5.74) is 0.925. The number of hydrogen-bond donors (Lipinski definition) is 1. The zero-order chi connectivity index (χ0) is 12.1. The fraction of sp³-hybridized carbons (Fsp3) is 0.500. The second-order valence-electron chi connectivity index (χ2n) is 3.70. The maximum atomic E-state index is 5.51. The van der Waals surface area contributed by atoms with Crippen LogP contribution in [0.4, 0.5) is 0 Å². The van der Waals surface area contributed by atoms with Crippen LogP contribution in [0.15, 0.2) is 18.6 Å². The summed E-state index contributed by atoms with van der Waals surface area (Å²) in [6, 6.07) is 0. The Labute approximate surface area is 99.4 Å². The van der Waals surface area contributed by atoms with Crippen molar-refractivity contribution in [3.05, 3.63) is 24.3 Å². The summed E-state index contributed by atoms with van der Waals surface area (Å²) in [5.74, 6) is 0.767. The van der Waals surface area contributed by atoms with Crippen LogP contribution in [0, 0.1) is 0 Å². The Kier molecular flexibility index (Phi) is 3.71. The van der Waals surface area contributed by atoms with Crippen molar-refractivity contribution in [2.24, 2.45) is 7.05 Å². The highest BCUT2D eigenvalue weighted by atomic mass is 16.5. The van der Waals surface area contributed by atoms with Crippen LogP contribution in [-0.4, -0.2) is 38.4 Å². The van der Waals surface area contributed by atoms with Crippen molar-refractivity contribution in [3.8, 4) is 5.75 Å². The lowest BCUT2D eigenvalue weighted by atomic mass is 10.5. The molecule has 0 aliphatic rings. The lowest BCUT2D eigenvalue weighted by molar-refractivity contribution is 0.289. The average molecular weight is 236 g/mol. The number of nitrogens with one attached hydrogen (secondary N) is 1. The number of aromatic nitrogens is 5. The largest absolute Gasteiger partial charge is 0.488 e. The SMILES string of the molecule is CNCc1cn(CCOc2cnn(C)c2)nn1. The molecule has 2 aromatic rings. The molecule has 2 rings (SSSR count). The minimum atomic E-state index is 0.550. The standard InChI is InChI=1S/C10H16N6O/c1-11-5-9-7-16(14-13-9)3-4-17-10-6-12-15(2)8-10/h6-8,11H,3-5H2,1-2H3. The lowest BCUT2D eigenvalue weighted by Crippen LogP contribution is -2.08. The number of rotatable bonds is 6. The molecule has 17 heavy (non-hydrogen) atoms. The molecule has 0 unspecified atom stereocenters. The first-order valence-corrected chi connectivity index (χ1v) is 5.43. The van der Waals surface area contributed by atoms with Crippen molar-refractivity contribution in [3.63, 3.8) is 0 Å². The first-order chi connectivity index (χ1) is 8.28. The second-order valence-corrected chi connectivity index (χ2v) is 3.70. The topological polar surface area (TPSA) is 69.8 Å². The molecule has 7 heteroatoms. The van der Waals surface area contributed by atoms with Gasteiger partial charge in [-0.15, -0.1) is 5.10 Å². The molecule has 0 bridgehead atoms. The zero-order valence-electron chi connectivity index (χ0n) is 10.00. The smallest absolute Gasteiger partial charge is 0.157 e. The third kappa shape index (κ3) is 3.28. The number of nitrogens with zero attached hydrogens (tertiary/aromatic N) is 5. The summed E-state index contributed by atoms with van der Waals surface area (Å²) in [6.45, 7) is 1.95. The average Bonchev–Trinajstić information content (AvgIpc) is 2.89. The van der Waals surface area contributed by atoms with Gasteiger partial charge < -0.3 is 10.1 Å². The van der Waals surface area contributed by atoms with E-state index in [0.29, 0.717) is 13.2 Å². The van der Waals surface area contributed by atoms with Crippen molar-refractivity contribution in [2.45, 2.75) is 13.1 Å². The monoisotopic (exact) mass is 236 g/mol. The molecule has 0 spiro atoms. The van der Waals surface area contributed by atoms with Crippen molar-refractivity contribution >= 4 is 0 Å². The van der Waals surface area contributed by atoms with E-state index in [-0.39, 0.29) is 0 Å². The van der Waals surface area contributed by atoms with Gasteiger partial charge in [-0.25, -0.2) is 4.68 Å². The van der Waals surface area contributed by atoms with Crippen LogP contribution in [0.1, 0.15) is 5.69 Å². The predicted molar refractivity (Wildman–Crippen MR) is 61.5 cm³/mol. The maximum absolute atomic E-state index is 5.51. The normalized spacial score (nSPS) is 10.7. The van der Waals surface area contributed by atoms with Crippen molar-refractivity contribution in [2.75, 3.05) is 13.7 Å². The highest BCUT2D eigenvalue weighted by molar-refractivity contribution is 5.11. The van der Waals surface area contributed by atoms with Gasteiger partial charge in [-0.2, -0.15) is 5.10 Å². The van der Waals surface area contributed by atoms with Gasteiger partial charge in [0.15, 0.2) is 5.75 Å². The summed E-state index contributed by atoms with van der Waals surface area (Å²) in [5, 5.41) is 15.1. The molecule has 2 heterocycles. The van der Waals surface area contributed by atoms with Crippen LogP contribution in [0.2, 0.25) is 0 Å². The number of hydrogen-bond acceptors (Lipinski definition) is 5. The Morgan fingerprint density at radius 3 is 3.00 bits per heavy atom. The Hall–Kier alpha value is -1.89. The highest BCUT2D eigenvalue weighted by Gasteiger charge is 2.00. The highest BCUT2D eigenvalue weighted by Crippen LogP contribution is 2.06. The van der Waals surface area contributed by atoms with Crippen LogP contribution >= 0.6 is 0 Å². The summed E-state index contributed by atoms with van der Waals surface area (Å²) < 4.78 is 8.98.